The first-order valence-electron chi connectivity index (χ1n) is 10.3. The minimum absolute atomic E-state index is 0.0350. The van der Waals surface area contributed by atoms with Gasteiger partial charge >= 0.3 is 5.69 Å². The molecule has 1 N–H and O–H groups in total. The second kappa shape index (κ2) is 8.71. The number of benzene rings is 2. The number of H-pyrrole nitrogens is 1. The molecule has 2 aromatic carbocycles. The molecule has 0 aliphatic carbocycles. The summed E-state index contributed by atoms with van der Waals surface area (Å²) < 4.78 is 6.74. The molecule has 0 fully saturated rings. The molecule has 0 spiro atoms. The number of aromatic amines is 1. The molecule has 4 aromatic rings. The predicted octanol–water partition coefficient (Wildman–Crippen LogP) is 5.21. The highest BCUT2D eigenvalue weighted by Crippen LogP contribution is 2.30. The fraction of sp³-hybridized carbons (Fsp3) is 0.261. The Bertz CT molecular complexity index is 1490. The lowest BCUT2D eigenvalue weighted by Crippen LogP contribution is -2.22. The van der Waals surface area contributed by atoms with Crippen LogP contribution >= 0.6 is 31.9 Å². The molecule has 32 heavy (non-hydrogen) atoms. The molecule has 0 saturated carbocycles. The van der Waals surface area contributed by atoms with Gasteiger partial charge in [-0.15, -0.1) is 0 Å². The number of aryl methyl sites for hydroxylation is 4. The van der Waals surface area contributed by atoms with Crippen LogP contribution in [0.2, 0.25) is 0 Å². The fourth-order valence-electron chi connectivity index (χ4n) is 3.83. The molecule has 0 unspecified atom stereocenters. The van der Waals surface area contributed by atoms with Crippen molar-refractivity contribution in [2.45, 2.75) is 40.8 Å². The predicted molar refractivity (Wildman–Crippen MR) is 136 cm³/mol. The Morgan fingerprint density at radius 3 is 2.25 bits per heavy atom. The molecule has 0 radical (unpaired) electrons. The SMILES string of the molecule is CCn1c(=O)n(CC)c2cc(N=Cc3c(C)[nH]n(-c4ccc(Br)c(C)c4)c3=O)c(Br)cc21. The lowest BCUT2D eigenvalue weighted by Gasteiger charge is -2.04. The molecule has 9 heteroatoms. The van der Waals surface area contributed by atoms with Gasteiger partial charge in [-0.1, -0.05) is 15.9 Å². The van der Waals surface area contributed by atoms with E-state index in [-0.39, 0.29) is 11.2 Å². The first kappa shape index (κ1) is 22.5. The van der Waals surface area contributed by atoms with Crippen molar-refractivity contribution in [1.29, 1.82) is 0 Å². The van der Waals surface area contributed by atoms with Gasteiger partial charge in [0.15, 0.2) is 0 Å². The summed E-state index contributed by atoms with van der Waals surface area (Å²) in [5.41, 5.74) is 5.12. The molecule has 0 atom stereocenters. The molecule has 0 aliphatic rings. The quantitative estimate of drug-likeness (QED) is 0.340. The molecule has 0 aliphatic heterocycles. The van der Waals surface area contributed by atoms with Crippen LogP contribution in [0.5, 0.6) is 0 Å². The van der Waals surface area contributed by atoms with Gasteiger partial charge in [0.1, 0.15) is 0 Å². The van der Waals surface area contributed by atoms with Gasteiger partial charge in [0, 0.05) is 33.9 Å². The van der Waals surface area contributed by atoms with Crippen molar-refractivity contribution in [3.8, 4) is 5.69 Å². The van der Waals surface area contributed by atoms with Crippen LogP contribution in [0.1, 0.15) is 30.7 Å². The normalized spacial score (nSPS) is 11.8. The van der Waals surface area contributed by atoms with Gasteiger partial charge < -0.3 is 0 Å². The zero-order valence-corrected chi connectivity index (χ0v) is 21.4. The Morgan fingerprint density at radius 1 is 0.969 bits per heavy atom. The zero-order chi connectivity index (χ0) is 23.2. The molecular formula is C23H23Br2N5O2. The fourth-order valence-corrected chi connectivity index (χ4v) is 4.51. The number of nitrogens with zero attached hydrogens (tertiary/aromatic N) is 4. The number of nitrogens with one attached hydrogen (secondary N) is 1. The second-order valence-corrected chi connectivity index (χ2v) is 9.25. The summed E-state index contributed by atoms with van der Waals surface area (Å²) in [4.78, 5) is 30.3. The van der Waals surface area contributed by atoms with Crippen molar-refractivity contribution >= 4 is 54.8 Å². The Kier molecular flexibility index (Phi) is 6.13. The van der Waals surface area contributed by atoms with Gasteiger partial charge in [0.25, 0.3) is 5.56 Å². The Hall–Kier alpha value is -2.65. The van der Waals surface area contributed by atoms with E-state index in [4.69, 9.17) is 0 Å². The van der Waals surface area contributed by atoms with Gasteiger partial charge in [-0.2, -0.15) is 0 Å². The van der Waals surface area contributed by atoms with E-state index < -0.39 is 0 Å². The first-order valence-corrected chi connectivity index (χ1v) is 11.9. The van der Waals surface area contributed by atoms with Crippen molar-refractivity contribution in [1.82, 2.24) is 18.9 Å². The largest absolute Gasteiger partial charge is 0.329 e. The van der Waals surface area contributed by atoms with Gasteiger partial charge in [0.2, 0.25) is 0 Å². The number of halogens is 2. The molecule has 0 saturated heterocycles. The van der Waals surface area contributed by atoms with E-state index >= 15 is 0 Å². The van der Waals surface area contributed by atoms with Crippen LogP contribution in [-0.2, 0) is 13.1 Å². The standard InChI is InChI=1S/C23H23Br2N5O2/c1-5-28-20-10-18(25)19(11-21(20)29(6-2)23(28)32)26-12-16-14(4)27-30(22(16)31)15-7-8-17(24)13(3)9-15/h7-12,27H,5-6H2,1-4H3. The highest BCUT2D eigenvalue weighted by molar-refractivity contribution is 9.10. The summed E-state index contributed by atoms with van der Waals surface area (Å²) in [7, 11) is 0. The van der Waals surface area contributed by atoms with Crippen LogP contribution in [0.25, 0.3) is 16.7 Å². The third kappa shape index (κ3) is 3.73. The smallest absolute Gasteiger partial charge is 0.295 e. The molecular weight excluding hydrogens is 538 g/mol. The molecule has 2 aromatic heterocycles. The number of fused-ring (bicyclic) bond motifs is 1. The van der Waals surface area contributed by atoms with Crippen molar-refractivity contribution in [2.75, 3.05) is 0 Å². The maximum Gasteiger partial charge on any atom is 0.329 e. The van der Waals surface area contributed by atoms with Crippen LogP contribution in [0.15, 0.2) is 53.9 Å². The minimum atomic E-state index is -0.173. The highest BCUT2D eigenvalue weighted by atomic mass is 79.9. The third-order valence-electron chi connectivity index (χ3n) is 5.57. The Labute approximate surface area is 201 Å². The lowest BCUT2D eigenvalue weighted by atomic mass is 10.2. The first-order chi connectivity index (χ1) is 15.3. The number of aliphatic imine (C=N–C) groups is 1. The highest BCUT2D eigenvalue weighted by Gasteiger charge is 2.15. The maximum absolute atomic E-state index is 13.1. The van der Waals surface area contributed by atoms with Crippen molar-refractivity contribution < 1.29 is 0 Å². The number of hydrogen-bond acceptors (Lipinski definition) is 3. The molecule has 0 amide bonds. The van der Waals surface area contributed by atoms with E-state index in [1.807, 2.05) is 58.0 Å². The topological polar surface area (TPSA) is 77.1 Å². The average molecular weight is 561 g/mol. The molecule has 0 bridgehead atoms. The molecule has 166 valence electrons. The van der Waals surface area contributed by atoms with E-state index in [0.29, 0.717) is 24.3 Å². The average Bonchev–Trinajstić information content (AvgIpc) is 3.19. The van der Waals surface area contributed by atoms with Crippen molar-refractivity contribution in [3.05, 3.63) is 76.9 Å². The van der Waals surface area contributed by atoms with Crippen LogP contribution in [0, 0.1) is 13.8 Å². The van der Waals surface area contributed by atoms with E-state index in [9.17, 15) is 9.59 Å². The second-order valence-electron chi connectivity index (χ2n) is 7.55. The summed E-state index contributed by atoms with van der Waals surface area (Å²) in [5, 5.41) is 3.13. The van der Waals surface area contributed by atoms with E-state index in [0.717, 1.165) is 36.9 Å². The van der Waals surface area contributed by atoms with Crippen molar-refractivity contribution in [3.63, 3.8) is 0 Å². The van der Waals surface area contributed by atoms with Crippen LogP contribution in [-0.4, -0.2) is 25.1 Å². The van der Waals surface area contributed by atoms with E-state index in [1.165, 1.54) is 4.68 Å². The molecule has 7 nitrogen and oxygen atoms in total. The van der Waals surface area contributed by atoms with Gasteiger partial charge in [-0.3, -0.25) is 24.0 Å². The maximum atomic E-state index is 13.1. The van der Waals surface area contributed by atoms with E-state index in [2.05, 4.69) is 42.0 Å². The van der Waals surface area contributed by atoms with Crippen LogP contribution in [0.4, 0.5) is 5.69 Å². The Morgan fingerprint density at radius 2 is 1.62 bits per heavy atom. The summed E-state index contributed by atoms with van der Waals surface area (Å²) in [5.74, 6) is 0. The number of imidazole rings is 1. The van der Waals surface area contributed by atoms with E-state index in [1.54, 1.807) is 15.3 Å². The van der Waals surface area contributed by atoms with Gasteiger partial charge in [-0.25, -0.2) is 9.48 Å². The zero-order valence-electron chi connectivity index (χ0n) is 18.2. The number of hydrogen-bond donors (Lipinski definition) is 1. The van der Waals surface area contributed by atoms with Gasteiger partial charge in [-0.05, 0) is 79.5 Å². The third-order valence-corrected chi connectivity index (χ3v) is 7.09. The minimum Gasteiger partial charge on any atom is -0.295 e. The summed E-state index contributed by atoms with van der Waals surface area (Å²) >= 11 is 7.06. The molecule has 4 rings (SSSR count). The van der Waals surface area contributed by atoms with Gasteiger partial charge in [0.05, 0.1) is 28.0 Å². The summed E-state index contributed by atoms with van der Waals surface area (Å²) in [6.07, 6.45) is 1.58. The summed E-state index contributed by atoms with van der Waals surface area (Å²) in [6, 6.07) is 9.53. The van der Waals surface area contributed by atoms with Crippen molar-refractivity contribution in [2.24, 2.45) is 4.99 Å². The Balaban J connectivity index is 1.79. The lowest BCUT2D eigenvalue weighted by molar-refractivity contribution is 0.671. The number of aromatic nitrogens is 4. The number of rotatable bonds is 5. The van der Waals surface area contributed by atoms with Crippen LogP contribution in [0.3, 0.4) is 0 Å². The van der Waals surface area contributed by atoms with Crippen LogP contribution < -0.4 is 11.2 Å². The monoisotopic (exact) mass is 559 g/mol. The molecule has 2 heterocycles. The summed E-state index contributed by atoms with van der Waals surface area (Å²) in [6.45, 7) is 8.89.